The summed E-state index contributed by atoms with van der Waals surface area (Å²) >= 11 is 0. The number of alkyl halides is 3. The first-order chi connectivity index (χ1) is 42.2. The van der Waals surface area contributed by atoms with Crippen LogP contribution in [0.25, 0.3) is 145 Å². The monoisotopic (exact) mass is 1110 g/mol. The molecule has 6 nitrogen and oxygen atoms in total. The van der Waals surface area contributed by atoms with E-state index in [1.165, 1.54) is 6.07 Å². The van der Waals surface area contributed by atoms with Crippen LogP contribution in [0.1, 0.15) is 11.1 Å². The molecule has 15 rings (SSSR count). The van der Waals surface area contributed by atoms with E-state index in [1.54, 1.807) is 18.2 Å². The maximum atomic E-state index is 16.4. The summed E-state index contributed by atoms with van der Waals surface area (Å²) in [5.74, 6) is 0.153. The zero-order chi connectivity index (χ0) is 57.9. The van der Waals surface area contributed by atoms with Crippen LogP contribution in [-0.4, -0.2) is 24.1 Å². The molecule has 0 aliphatic carbocycles. The fourth-order valence-corrected chi connectivity index (χ4v) is 12.2. The van der Waals surface area contributed by atoms with Crippen molar-refractivity contribution in [1.29, 1.82) is 5.26 Å². The molecule has 0 spiro atoms. The number of aromatic nitrogens is 5. The van der Waals surface area contributed by atoms with Gasteiger partial charge in [-0.2, -0.15) is 18.4 Å². The molecule has 0 unspecified atom stereocenters. The van der Waals surface area contributed by atoms with Gasteiger partial charge in [0.15, 0.2) is 17.5 Å². The number of benzene rings is 12. The zero-order valence-electron chi connectivity index (χ0n) is 46.0. The third-order valence-electron chi connectivity index (χ3n) is 16.3. The molecule has 12 aromatic carbocycles. The van der Waals surface area contributed by atoms with Crippen LogP contribution in [0.3, 0.4) is 0 Å². The number of hydrogen-bond donors (Lipinski definition) is 0. The second-order valence-electron chi connectivity index (χ2n) is 21.3. The van der Waals surface area contributed by atoms with Crippen LogP contribution in [0.2, 0.25) is 0 Å². The Morgan fingerprint density at radius 2 is 0.640 bits per heavy atom. The summed E-state index contributed by atoms with van der Waals surface area (Å²) in [7, 11) is 0. The van der Waals surface area contributed by atoms with Crippen molar-refractivity contribution in [3.63, 3.8) is 0 Å². The molecule has 0 aliphatic rings. The number of nitrogens with zero attached hydrogens (tertiary/aromatic N) is 6. The fraction of sp³-hybridized carbons (Fsp3) is 0.0130. The highest BCUT2D eigenvalue weighted by molar-refractivity contribution is 6.14. The molecule has 0 amide bonds. The van der Waals surface area contributed by atoms with Gasteiger partial charge in [-0.05, 0) is 134 Å². The lowest BCUT2D eigenvalue weighted by Crippen LogP contribution is -2.13. The van der Waals surface area contributed by atoms with Gasteiger partial charge in [0.2, 0.25) is 0 Å². The van der Waals surface area contributed by atoms with E-state index in [4.69, 9.17) is 15.0 Å². The van der Waals surface area contributed by atoms with Gasteiger partial charge >= 0.3 is 6.18 Å². The Bertz CT molecular complexity index is 4940. The van der Waals surface area contributed by atoms with E-state index in [2.05, 4.69) is 108 Å². The third kappa shape index (κ3) is 9.05. The van der Waals surface area contributed by atoms with Gasteiger partial charge < -0.3 is 9.13 Å². The van der Waals surface area contributed by atoms with Crippen molar-refractivity contribution in [2.75, 3.05) is 0 Å². The number of nitriles is 1. The summed E-state index contributed by atoms with van der Waals surface area (Å²) in [5, 5.41) is 13.7. The first-order valence-corrected chi connectivity index (χ1v) is 28.3. The Kier molecular flexibility index (Phi) is 12.6. The number of hydrogen-bond acceptors (Lipinski definition) is 4. The van der Waals surface area contributed by atoms with Crippen molar-refractivity contribution in [1.82, 2.24) is 24.1 Å². The molecule has 3 heterocycles. The SMILES string of the molecule is N#Cc1ccc(-c2cccc(-n3c4ccc(-c5ccccc5)cc4c4cc(-c5ccccc5)ccc43)c2-c2nc(-c3ccccc3)nc(-c3c(-n4c5ccc(-c6ccccc6)cc5c5cc(-c6ccccc6)ccc54)cccc3C(F)(F)F)n2)cc1. The van der Waals surface area contributed by atoms with Crippen molar-refractivity contribution >= 4 is 43.6 Å². The topological polar surface area (TPSA) is 72.3 Å². The smallest absolute Gasteiger partial charge is 0.308 e. The van der Waals surface area contributed by atoms with E-state index in [9.17, 15) is 5.26 Å². The van der Waals surface area contributed by atoms with E-state index in [0.717, 1.165) is 88.7 Å². The van der Waals surface area contributed by atoms with Crippen molar-refractivity contribution < 1.29 is 13.2 Å². The quantitative estimate of drug-likeness (QED) is 0.137. The summed E-state index contributed by atoms with van der Waals surface area (Å²) in [6.45, 7) is 0. The Labute approximate surface area is 493 Å². The fourth-order valence-electron chi connectivity index (χ4n) is 12.2. The van der Waals surface area contributed by atoms with Crippen molar-refractivity contribution in [2.24, 2.45) is 0 Å². The highest BCUT2D eigenvalue weighted by atomic mass is 19.4. The lowest BCUT2D eigenvalue weighted by Gasteiger charge is -2.21. The van der Waals surface area contributed by atoms with Crippen LogP contribution < -0.4 is 0 Å². The molecule has 3 aromatic heterocycles. The predicted molar refractivity (Wildman–Crippen MR) is 342 cm³/mol. The third-order valence-corrected chi connectivity index (χ3v) is 16.3. The molecule has 9 heteroatoms. The Morgan fingerprint density at radius 3 is 1.02 bits per heavy atom. The normalized spacial score (nSPS) is 11.7. The lowest BCUT2D eigenvalue weighted by molar-refractivity contribution is -0.137. The standard InChI is InChI=1S/C77H47F3N6/c78-77(79,80)65-29-17-31-71(86-68-42-38-58(52-22-10-3-11-23-52)46-63(68)64-47-59(39-43-69(64)86)53-24-12-4-13-25-53)73(65)76-83-74(55-26-14-5-15-27-55)82-75(84-76)72-60(54-34-32-49(48-81)33-35-54)28-16-30-70(72)85-66-40-36-56(50-18-6-1-7-19-50)44-61(66)62-45-57(37-41-67(62)85)51-20-8-2-9-21-51/h1-47H. The molecule has 0 saturated carbocycles. The number of halogens is 3. The van der Waals surface area contributed by atoms with E-state index in [-0.39, 0.29) is 28.7 Å². The highest BCUT2D eigenvalue weighted by Gasteiger charge is 2.37. The molecule has 0 atom stereocenters. The minimum absolute atomic E-state index is 0.144. The largest absolute Gasteiger partial charge is 0.417 e. The van der Waals surface area contributed by atoms with Gasteiger partial charge in [0.25, 0.3) is 0 Å². The van der Waals surface area contributed by atoms with E-state index in [1.807, 2.05) is 162 Å². The molecule has 0 N–H and O–H groups in total. The maximum absolute atomic E-state index is 16.4. The van der Waals surface area contributed by atoms with Crippen molar-refractivity contribution in [3.8, 4) is 107 Å². The van der Waals surface area contributed by atoms with Crippen LogP contribution in [0, 0.1) is 11.3 Å². The number of fused-ring (bicyclic) bond motifs is 6. The van der Waals surface area contributed by atoms with E-state index in [0.29, 0.717) is 39.0 Å². The Morgan fingerprint density at radius 1 is 0.302 bits per heavy atom. The Hall–Kier alpha value is -11.5. The summed E-state index contributed by atoms with van der Waals surface area (Å²) in [4.78, 5) is 15.8. The van der Waals surface area contributed by atoms with Gasteiger partial charge in [0.05, 0.1) is 61.8 Å². The molecule has 0 fully saturated rings. The van der Waals surface area contributed by atoms with Crippen LogP contribution in [0.15, 0.2) is 285 Å². The summed E-state index contributed by atoms with van der Waals surface area (Å²) < 4.78 is 53.3. The predicted octanol–water partition coefficient (Wildman–Crippen LogP) is 20.3. The van der Waals surface area contributed by atoms with Gasteiger partial charge in [-0.3, -0.25) is 0 Å². The highest BCUT2D eigenvalue weighted by Crippen LogP contribution is 2.47. The summed E-state index contributed by atoms with van der Waals surface area (Å²) in [5.41, 5.74) is 14.2. The maximum Gasteiger partial charge on any atom is 0.417 e. The molecule has 0 aliphatic heterocycles. The van der Waals surface area contributed by atoms with Gasteiger partial charge in [0, 0.05) is 27.1 Å². The van der Waals surface area contributed by atoms with Crippen molar-refractivity contribution in [3.05, 3.63) is 296 Å². The zero-order valence-corrected chi connectivity index (χ0v) is 46.0. The van der Waals surface area contributed by atoms with Gasteiger partial charge in [-0.1, -0.05) is 206 Å². The Balaban J connectivity index is 1.03. The molecular formula is C77H47F3N6. The molecular weight excluding hydrogens is 1070 g/mol. The minimum atomic E-state index is -4.86. The average molecular weight is 1110 g/mol. The van der Waals surface area contributed by atoms with Crippen LogP contribution >= 0.6 is 0 Å². The molecule has 0 saturated heterocycles. The second kappa shape index (κ2) is 21.1. The molecule has 0 radical (unpaired) electrons. The molecule has 86 heavy (non-hydrogen) atoms. The lowest BCUT2D eigenvalue weighted by atomic mass is 9.96. The van der Waals surface area contributed by atoms with Crippen LogP contribution in [0.5, 0.6) is 0 Å². The van der Waals surface area contributed by atoms with Crippen molar-refractivity contribution in [2.45, 2.75) is 6.18 Å². The first-order valence-electron chi connectivity index (χ1n) is 28.3. The van der Waals surface area contributed by atoms with E-state index >= 15 is 13.2 Å². The number of rotatable bonds is 10. The molecule has 0 bridgehead atoms. The second-order valence-corrected chi connectivity index (χ2v) is 21.3. The first kappa shape index (κ1) is 51.4. The molecule has 406 valence electrons. The van der Waals surface area contributed by atoms with Crippen LogP contribution in [0.4, 0.5) is 13.2 Å². The van der Waals surface area contributed by atoms with Gasteiger partial charge in [-0.15, -0.1) is 0 Å². The van der Waals surface area contributed by atoms with Gasteiger partial charge in [-0.25, -0.2) is 15.0 Å². The van der Waals surface area contributed by atoms with Crippen LogP contribution in [-0.2, 0) is 6.18 Å². The molecule has 15 aromatic rings. The van der Waals surface area contributed by atoms with Gasteiger partial charge in [0.1, 0.15) is 0 Å². The average Bonchev–Trinajstić information content (AvgIpc) is 1.60. The summed E-state index contributed by atoms with van der Waals surface area (Å²) in [6.07, 6.45) is -4.86. The van der Waals surface area contributed by atoms with E-state index < -0.39 is 11.7 Å². The minimum Gasteiger partial charge on any atom is -0.308 e. The summed E-state index contributed by atoms with van der Waals surface area (Å²) in [6, 6.07) is 95.1.